The number of hydrogen-bond donors (Lipinski definition) is 2. The number of phenols is 1. The molecule has 120 valence electrons. The molecular weight excluding hydrogens is 320 g/mol. The van der Waals surface area contributed by atoms with Crippen LogP contribution in [0.25, 0.3) is 0 Å². The zero-order valence-corrected chi connectivity index (χ0v) is 13.3. The van der Waals surface area contributed by atoms with E-state index < -0.39 is 18.0 Å². The fourth-order valence-corrected chi connectivity index (χ4v) is 1.89. The van der Waals surface area contributed by atoms with E-state index >= 15 is 0 Å². The quantitative estimate of drug-likeness (QED) is 0.839. The van der Waals surface area contributed by atoms with Crippen LogP contribution in [0.1, 0.15) is 22.8 Å². The molecule has 2 N–H and O–H groups in total. The number of carbonyl (C=O) groups excluding carboxylic acids is 2. The van der Waals surface area contributed by atoms with Crippen molar-refractivity contribution in [2.75, 3.05) is 5.32 Å². The van der Waals surface area contributed by atoms with Crippen LogP contribution in [-0.4, -0.2) is 28.1 Å². The van der Waals surface area contributed by atoms with Crippen LogP contribution in [0.5, 0.6) is 5.75 Å². The molecule has 0 saturated heterocycles. The highest BCUT2D eigenvalue weighted by atomic mass is 35.5. The molecule has 0 radical (unpaired) electrons. The van der Waals surface area contributed by atoms with Gasteiger partial charge < -0.3 is 15.2 Å². The second kappa shape index (κ2) is 7.11. The second-order valence-corrected chi connectivity index (χ2v) is 5.31. The number of aromatic hydroxyl groups is 1. The van der Waals surface area contributed by atoms with Gasteiger partial charge in [0.15, 0.2) is 6.10 Å². The Kier molecular flexibility index (Phi) is 5.18. The summed E-state index contributed by atoms with van der Waals surface area (Å²) in [6, 6.07) is 7.81. The van der Waals surface area contributed by atoms with Crippen LogP contribution in [0.15, 0.2) is 36.5 Å². The van der Waals surface area contributed by atoms with E-state index in [4.69, 9.17) is 16.3 Å². The number of nitrogens with zero attached hydrogens (tertiary/aromatic N) is 1. The molecule has 7 heteroatoms. The summed E-state index contributed by atoms with van der Waals surface area (Å²) in [5.41, 5.74) is 0.552. The molecule has 2 rings (SSSR count). The van der Waals surface area contributed by atoms with E-state index in [1.807, 2.05) is 0 Å². The number of phenolic OH excluding ortho intramolecular Hbond substituents is 1. The summed E-state index contributed by atoms with van der Waals surface area (Å²) in [7, 11) is 0. The maximum Gasteiger partial charge on any atom is 0.342 e. The Morgan fingerprint density at radius 2 is 2.04 bits per heavy atom. The van der Waals surface area contributed by atoms with Crippen LogP contribution in [-0.2, 0) is 9.53 Å². The number of nitrogens with one attached hydrogen (secondary N) is 1. The first-order valence-electron chi connectivity index (χ1n) is 6.80. The second-order valence-electron chi connectivity index (χ2n) is 4.87. The molecule has 0 unspecified atom stereocenters. The van der Waals surface area contributed by atoms with E-state index in [9.17, 15) is 14.7 Å². The molecule has 0 fully saturated rings. The monoisotopic (exact) mass is 334 g/mol. The van der Waals surface area contributed by atoms with Gasteiger partial charge in [-0.1, -0.05) is 23.7 Å². The molecule has 1 aromatic carbocycles. The number of benzene rings is 1. The molecule has 0 saturated carbocycles. The molecule has 0 aliphatic rings. The number of hydrogen-bond acceptors (Lipinski definition) is 5. The van der Waals surface area contributed by atoms with Crippen LogP contribution in [0.2, 0.25) is 5.02 Å². The Hall–Kier alpha value is -2.60. The first-order chi connectivity index (χ1) is 10.9. The van der Waals surface area contributed by atoms with Crippen molar-refractivity contribution in [2.24, 2.45) is 0 Å². The fraction of sp³-hybridized carbons (Fsp3) is 0.188. The van der Waals surface area contributed by atoms with Gasteiger partial charge in [0.25, 0.3) is 5.91 Å². The fourth-order valence-electron chi connectivity index (χ4n) is 1.78. The average molecular weight is 335 g/mol. The lowest BCUT2D eigenvalue weighted by Gasteiger charge is -2.14. The minimum atomic E-state index is -1.06. The van der Waals surface area contributed by atoms with Crippen LogP contribution in [0, 0.1) is 6.92 Å². The maximum absolute atomic E-state index is 12.0. The lowest BCUT2D eigenvalue weighted by molar-refractivity contribution is -0.123. The Bertz CT molecular complexity index is 731. The van der Waals surface area contributed by atoms with E-state index in [2.05, 4.69) is 10.3 Å². The molecule has 0 aliphatic heterocycles. The van der Waals surface area contributed by atoms with Gasteiger partial charge in [0.1, 0.15) is 17.1 Å². The zero-order chi connectivity index (χ0) is 17.0. The average Bonchev–Trinajstić information content (AvgIpc) is 2.52. The van der Waals surface area contributed by atoms with Crippen molar-refractivity contribution in [3.8, 4) is 5.75 Å². The van der Waals surface area contributed by atoms with Crippen molar-refractivity contribution in [3.05, 3.63) is 52.7 Å². The van der Waals surface area contributed by atoms with Crippen LogP contribution in [0.3, 0.4) is 0 Å². The number of halogens is 1. The van der Waals surface area contributed by atoms with Gasteiger partial charge in [-0.3, -0.25) is 4.79 Å². The summed E-state index contributed by atoms with van der Waals surface area (Å²) in [5, 5.41) is 12.8. The number of aromatic nitrogens is 1. The molecule has 1 aromatic heterocycles. The summed E-state index contributed by atoms with van der Waals surface area (Å²) in [5.74, 6) is -1.19. The largest absolute Gasteiger partial charge is 0.507 e. The summed E-state index contributed by atoms with van der Waals surface area (Å²) in [6.45, 7) is 3.09. The summed E-state index contributed by atoms with van der Waals surface area (Å²) in [6.07, 6.45) is 0.332. The van der Waals surface area contributed by atoms with Gasteiger partial charge in [-0.2, -0.15) is 0 Å². The first kappa shape index (κ1) is 16.8. The van der Waals surface area contributed by atoms with Crippen LogP contribution in [0.4, 0.5) is 5.82 Å². The van der Waals surface area contributed by atoms with Gasteiger partial charge >= 0.3 is 5.97 Å². The normalized spacial score (nSPS) is 11.6. The van der Waals surface area contributed by atoms with Crippen molar-refractivity contribution >= 4 is 29.3 Å². The van der Waals surface area contributed by atoms with Gasteiger partial charge in [-0.15, -0.1) is 0 Å². The topological polar surface area (TPSA) is 88.5 Å². The molecule has 0 bridgehead atoms. The number of para-hydroxylation sites is 1. The van der Waals surface area contributed by atoms with Crippen molar-refractivity contribution < 1.29 is 19.4 Å². The summed E-state index contributed by atoms with van der Waals surface area (Å²) >= 11 is 5.71. The lowest BCUT2D eigenvalue weighted by Crippen LogP contribution is -2.30. The van der Waals surface area contributed by atoms with Crippen molar-refractivity contribution in [1.29, 1.82) is 0 Å². The maximum atomic E-state index is 12.0. The Labute approximate surface area is 138 Å². The zero-order valence-electron chi connectivity index (χ0n) is 12.5. The number of rotatable bonds is 4. The molecule has 6 nitrogen and oxygen atoms in total. The van der Waals surface area contributed by atoms with E-state index in [1.165, 1.54) is 25.3 Å². The summed E-state index contributed by atoms with van der Waals surface area (Å²) < 4.78 is 5.07. The molecule has 1 atom stereocenters. The third-order valence-electron chi connectivity index (χ3n) is 3.09. The number of anilines is 1. The smallest absolute Gasteiger partial charge is 0.342 e. The van der Waals surface area contributed by atoms with E-state index in [-0.39, 0.29) is 11.3 Å². The predicted molar refractivity (Wildman–Crippen MR) is 85.6 cm³/mol. The number of ether oxygens (including phenoxy) is 1. The van der Waals surface area contributed by atoms with E-state index in [1.54, 1.807) is 25.1 Å². The molecule has 2 aromatic rings. The SMILES string of the molecule is Cc1cccc(C(=O)O[C@H](C)C(=O)Nc2ccc(Cl)cn2)c1O. The molecular formula is C16H15ClN2O4. The van der Waals surface area contributed by atoms with Crippen molar-refractivity contribution in [1.82, 2.24) is 4.98 Å². The number of pyridine rings is 1. The molecule has 1 heterocycles. The number of amides is 1. The minimum Gasteiger partial charge on any atom is -0.507 e. The number of esters is 1. The van der Waals surface area contributed by atoms with E-state index in [0.29, 0.717) is 16.4 Å². The number of carbonyl (C=O) groups is 2. The van der Waals surface area contributed by atoms with Gasteiger partial charge in [0.05, 0.1) is 5.02 Å². The standard InChI is InChI=1S/C16H15ClN2O4/c1-9-4-3-5-12(14(9)20)16(22)23-10(2)15(21)19-13-7-6-11(17)8-18-13/h3-8,10,20H,1-2H3,(H,18,19,21)/t10-/m1/s1. The third kappa shape index (κ3) is 4.20. The highest BCUT2D eigenvalue weighted by molar-refractivity contribution is 6.30. The Morgan fingerprint density at radius 3 is 2.70 bits per heavy atom. The summed E-state index contributed by atoms with van der Waals surface area (Å²) in [4.78, 5) is 27.9. The lowest BCUT2D eigenvalue weighted by atomic mass is 10.1. The Balaban J connectivity index is 2.01. The predicted octanol–water partition coefficient (Wildman–Crippen LogP) is 2.93. The van der Waals surface area contributed by atoms with Gasteiger partial charge in [-0.05, 0) is 37.6 Å². The van der Waals surface area contributed by atoms with Crippen molar-refractivity contribution in [3.63, 3.8) is 0 Å². The highest BCUT2D eigenvalue weighted by Gasteiger charge is 2.21. The molecule has 0 aliphatic carbocycles. The van der Waals surface area contributed by atoms with Crippen LogP contribution >= 0.6 is 11.6 Å². The number of aryl methyl sites for hydroxylation is 1. The van der Waals surface area contributed by atoms with E-state index in [0.717, 1.165) is 0 Å². The van der Waals surface area contributed by atoms with Gasteiger partial charge in [0, 0.05) is 6.20 Å². The minimum absolute atomic E-state index is 0.00858. The molecule has 0 spiro atoms. The van der Waals surface area contributed by atoms with Crippen LogP contribution < -0.4 is 5.32 Å². The third-order valence-corrected chi connectivity index (χ3v) is 3.31. The molecule has 1 amide bonds. The highest BCUT2D eigenvalue weighted by Crippen LogP contribution is 2.22. The first-order valence-corrected chi connectivity index (χ1v) is 7.18. The van der Waals surface area contributed by atoms with Gasteiger partial charge in [-0.25, -0.2) is 9.78 Å². The van der Waals surface area contributed by atoms with Gasteiger partial charge in [0.2, 0.25) is 0 Å². The molecule has 23 heavy (non-hydrogen) atoms. The Morgan fingerprint density at radius 1 is 1.30 bits per heavy atom. The van der Waals surface area contributed by atoms with Crippen molar-refractivity contribution in [2.45, 2.75) is 20.0 Å².